The molecule has 0 spiro atoms. The van der Waals surface area contributed by atoms with E-state index in [1.807, 2.05) is 6.26 Å². The molecule has 1 heterocycles. The Kier molecular flexibility index (Phi) is 7.37. The van der Waals surface area contributed by atoms with E-state index in [0.717, 1.165) is 9.21 Å². The van der Waals surface area contributed by atoms with E-state index < -0.39 is 33.8 Å². The second-order valence-electron chi connectivity index (χ2n) is 7.37. The summed E-state index contributed by atoms with van der Waals surface area (Å²) in [5.74, 6) is -1.21. The molecule has 1 aliphatic heterocycles. The molecule has 32 heavy (non-hydrogen) atoms. The molecule has 2 aromatic rings. The summed E-state index contributed by atoms with van der Waals surface area (Å²) < 4.78 is 31.2. The number of esters is 1. The molecule has 2 aromatic carbocycles. The summed E-state index contributed by atoms with van der Waals surface area (Å²) in [6.07, 6.45) is 2.11. The molecular formula is C22H24N2O6S2. The Morgan fingerprint density at radius 2 is 1.69 bits per heavy atom. The summed E-state index contributed by atoms with van der Waals surface area (Å²) in [5.41, 5.74) is 1.01. The van der Waals surface area contributed by atoms with Crippen molar-refractivity contribution in [2.24, 2.45) is 0 Å². The number of fused-ring (bicyclic) bond motifs is 1. The highest BCUT2D eigenvalue weighted by Crippen LogP contribution is 2.27. The second-order valence-corrected chi connectivity index (χ2v) is 10.5. The minimum atomic E-state index is -3.63. The van der Waals surface area contributed by atoms with Crippen LogP contribution in [0.25, 0.3) is 0 Å². The molecule has 10 heteroatoms. The van der Waals surface area contributed by atoms with E-state index in [0.29, 0.717) is 11.3 Å². The van der Waals surface area contributed by atoms with Gasteiger partial charge in [0.25, 0.3) is 11.8 Å². The summed E-state index contributed by atoms with van der Waals surface area (Å²) in [4.78, 5) is 39.6. The molecule has 8 nitrogen and oxygen atoms in total. The Labute approximate surface area is 191 Å². The summed E-state index contributed by atoms with van der Waals surface area (Å²) >= 11 is 1.49. The molecule has 0 radical (unpaired) electrons. The van der Waals surface area contributed by atoms with E-state index in [1.54, 1.807) is 36.4 Å². The maximum absolute atomic E-state index is 12.9. The fourth-order valence-electron chi connectivity index (χ4n) is 3.33. The minimum Gasteiger partial charge on any atom is -0.459 e. The smallest absolute Gasteiger partial charge is 0.329 e. The Morgan fingerprint density at radius 1 is 1.06 bits per heavy atom. The number of imide groups is 1. The zero-order valence-corrected chi connectivity index (χ0v) is 19.6. The zero-order valence-electron chi connectivity index (χ0n) is 18.0. The van der Waals surface area contributed by atoms with Gasteiger partial charge >= 0.3 is 5.97 Å². The van der Waals surface area contributed by atoms with E-state index >= 15 is 0 Å². The van der Waals surface area contributed by atoms with E-state index in [9.17, 15) is 22.8 Å². The summed E-state index contributed by atoms with van der Waals surface area (Å²) in [6, 6.07) is 11.5. The van der Waals surface area contributed by atoms with Crippen LogP contribution < -0.4 is 0 Å². The second kappa shape index (κ2) is 9.85. The van der Waals surface area contributed by atoms with Crippen molar-refractivity contribution in [3.8, 4) is 0 Å². The van der Waals surface area contributed by atoms with Crippen LogP contribution in [0.4, 0.5) is 0 Å². The lowest BCUT2D eigenvalue weighted by Crippen LogP contribution is -2.46. The van der Waals surface area contributed by atoms with Gasteiger partial charge in [0.1, 0.15) is 12.6 Å². The van der Waals surface area contributed by atoms with Crippen molar-refractivity contribution in [2.75, 3.05) is 26.1 Å². The van der Waals surface area contributed by atoms with Crippen LogP contribution in [0, 0.1) is 0 Å². The summed E-state index contributed by atoms with van der Waals surface area (Å²) in [5, 5.41) is 0. The number of hydrogen-bond donors (Lipinski definition) is 0. The highest BCUT2D eigenvalue weighted by molar-refractivity contribution is 7.98. The van der Waals surface area contributed by atoms with Gasteiger partial charge in [-0.25, -0.2) is 17.5 Å². The molecule has 1 unspecified atom stereocenters. The number of amides is 2. The lowest BCUT2D eigenvalue weighted by molar-refractivity contribution is -0.149. The Balaban J connectivity index is 1.79. The number of hydrogen-bond acceptors (Lipinski definition) is 7. The van der Waals surface area contributed by atoms with Crippen molar-refractivity contribution in [1.82, 2.24) is 9.21 Å². The maximum Gasteiger partial charge on any atom is 0.329 e. The molecular weight excluding hydrogens is 452 g/mol. The highest BCUT2D eigenvalue weighted by Gasteiger charge is 2.43. The van der Waals surface area contributed by atoms with Gasteiger partial charge in [0.05, 0.1) is 16.0 Å². The molecule has 0 saturated carbocycles. The van der Waals surface area contributed by atoms with E-state index in [4.69, 9.17) is 4.74 Å². The van der Waals surface area contributed by atoms with Gasteiger partial charge in [0, 0.05) is 14.1 Å². The minimum absolute atomic E-state index is 0.0790. The van der Waals surface area contributed by atoms with Crippen LogP contribution in [0.2, 0.25) is 0 Å². The first-order valence-corrected chi connectivity index (χ1v) is 12.7. The number of thioether (sulfide) groups is 1. The van der Waals surface area contributed by atoms with Crippen molar-refractivity contribution in [2.45, 2.75) is 24.0 Å². The third kappa shape index (κ3) is 4.72. The number of rotatable bonds is 9. The Bertz CT molecular complexity index is 1110. The molecule has 0 saturated heterocycles. The van der Waals surface area contributed by atoms with Crippen LogP contribution in [-0.4, -0.2) is 67.6 Å². The summed E-state index contributed by atoms with van der Waals surface area (Å²) in [6.45, 7) is -0.186. The van der Waals surface area contributed by atoms with Crippen LogP contribution in [0.15, 0.2) is 53.4 Å². The zero-order chi connectivity index (χ0) is 23.5. The van der Waals surface area contributed by atoms with Gasteiger partial charge in [0.2, 0.25) is 10.0 Å². The van der Waals surface area contributed by atoms with Crippen LogP contribution in [-0.2, 0) is 26.2 Å². The average Bonchev–Trinajstić information content (AvgIpc) is 3.03. The molecule has 3 rings (SSSR count). The monoisotopic (exact) mass is 476 g/mol. The molecule has 0 aromatic heterocycles. The van der Waals surface area contributed by atoms with Gasteiger partial charge in [-0.3, -0.25) is 14.5 Å². The van der Waals surface area contributed by atoms with Gasteiger partial charge in [-0.2, -0.15) is 11.8 Å². The van der Waals surface area contributed by atoms with Crippen molar-refractivity contribution in [3.05, 3.63) is 65.2 Å². The fraction of sp³-hybridized carbons (Fsp3) is 0.318. The first-order chi connectivity index (χ1) is 15.2. The van der Waals surface area contributed by atoms with Gasteiger partial charge in [-0.15, -0.1) is 0 Å². The van der Waals surface area contributed by atoms with E-state index in [-0.39, 0.29) is 29.1 Å². The molecule has 0 N–H and O–H groups in total. The first kappa shape index (κ1) is 24.0. The fourth-order valence-corrected chi connectivity index (χ4v) is 4.76. The molecule has 0 bridgehead atoms. The number of ether oxygens (including phenoxy) is 1. The predicted octanol–water partition coefficient (Wildman–Crippen LogP) is 2.40. The third-order valence-corrected chi connectivity index (χ3v) is 7.52. The van der Waals surface area contributed by atoms with Crippen molar-refractivity contribution >= 4 is 39.6 Å². The lowest BCUT2D eigenvalue weighted by Gasteiger charge is -2.24. The van der Waals surface area contributed by atoms with Gasteiger partial charge in [-0.05, 0) is 48.3 Å². The maximum atomic E-state index is 12.9. The molecule has 2 amide bonds. The third-order valence-electron chi connectivity index (χ3n) is 5.06. The number of carbonyl (C=O) groups is 3. The lowest BCUT2D eigenvalue weighted by atomic mass is 10.1. The molecule has 1 aliphatic rings. The largest absolute Gasteiger partial charge is 0.459 e. The van der Waals surface area contributed by atoms with E-state index in [1.165, 1.54) is 38.0 Å². The van der Waals surface area contributed by atoms with Crippen molar-refractivity contribution < 1.29 is 27.5 Å². The number of nitrogens with zero attached hydrogens (tertiary/aromatic N) is 2. The average molecular weight is 477 g/mol. The van der Waals surface area contributed by atoms with Crippen LogP contribution >= 0.6 is 11.8 Å². The Hall–Kier alpha value is -2.69. The quantitative estimate of drug-likeness (QED) is 0.405. The van der Waals surface area contributed by atoms with Crippen LogP contribution in [0.1, 0.15) is 32.7 Å². The molecule has 0 fully saturated rings. The number of sulfonamides is 1. The highest BCUT2D eigenvalue weighted by atomic mass is 32.2. The standard InChI is InChI=1S/C22H24N2O6S2/c1-23(2)32(28,29)16-8-6-7-15(13-16)14-30-22(27)19(11-12-31-3)24-20(25)17-9-4-5-10-18(17)21(24)26/h4-10,13,19H,11-12,14H2,1-3H3. The van der Waals surface area contributed by atoms with Gasteiger partial charge < -0.3 is 4.74 Å². The van der Waals surface area contributed by atoms with Crippen molar-refractivity contribution in [1.29, 1.82) is 0 Å². The first-order valence-electron chi connectivity index (χ1n) is 9.82. The molecule has 0 aliphatic carbocycles. The van der Waals surface area contributed by atoms with Crippen LogP contribution in [0.3, 0.4) is 0 Å². The topological polar surface area (TPSA) is 101 Å². The van der Waals surface area contributed by atoms with Crippen molar-refractivity contribution in [3.63, 3.8) is 0 Å². The number of benzene rings is 2. The summed E-state index contributed by atoms with van der Waals surface area (Å²) in [7, 11) is -0.770. The number of carbonyl (C=O) groups excluding carboxylic acids is 3. The van der Waals surface area contributed by atoms with Crippen LogP contribution in [0.5, 0.6) is 0 Å². The molecule has 1 atom stereocenters. The normalized spacial score (nSPS) is 14.6. The van der Waals surface area contributed by atoms with E-state index in [2.05, 4.69) is 0 Å². The Morgan fingerprint density at radius 3 is 2.25 bits per heavy atom. The molecule has 170 valence electrons. The predicted molar refractivity (Wildman–Crippen MR) is 121 cm³/mol. The van der Waals surface area contributed by atoms with Gasteiger partial charge in [0.15, 0.2) is 0 Å². The SMILES string of the molecule is CSCCC(C(=O)OCc1cccc(S(=O)(=O)N(C)C)c1)N1C(=O)c2ccccc2C1=O. The van der Waals surface area contributed by atoms with Gasteiger partial charge in [-0.1, -0.05) is 24.3 Å².